The Bertz CT molecular complexity index is 673. The number of fused-ring (bicyclic) bond motifs is 1. The van der Waals surface area contributed by atoms with Gasteiger partial charge in [-0.05, 0) is 29.7 Å². The van der Waals surface area contributed by atoms with Crippen molar-refractivity contribution in [2.75, 3.05) is 5.32 Å². The van der Waals surface area contributed by atoms with Crippen LogP contribution in [0.5, 0.6) is 0 Å². The van der Waals surface area contributed by atoms with Gasteiger partial charge in [-0.1, -0.05) is 6.07 Å². The highest BCUT2D eigenvalue weighted by Crippen LogP contribution is 2.25. The smallest absolute Gasteiger partial charge is 0.316 e. The van der Waals surface area contributed by atoms with Gasteiger partial charge in [0.2, 0.25) is 0 Å². The maximum atomic E-state index is 12.9. The number of alkyl halides is 4. The second-order valence-corrected chi connectivity index (χ2v) is 6.86. The Kier molecular flexibility index (Phi) is 5.58. The number of nitrogens with two attached hydrogens (primary N) is 1. The van der Waals surface area contributed by atoms with E-state index in [2.05, 4.69) is 26.6 Å². The SMILES string of the molecule is NC1CC(C(F)(F)F)NC(NC(=O)Nc2ccc3c(c2)CC(Cl)NC3)N1. The first-order chi connectivity index (χ1) is 12.2. The van der Waals surface area contributed by atoms with Crippen molar-refractivity contribution in [2.45, 2.75) is 49.6 Å². The summed E-state index contributed by atoms with van der Waals surface area (Å²) in [5.41, 5.74) is 8.03. The van der Waals surface area contributed by atoms with E-state index in [1.807, 2.05) is 6.07 Å². The molecule has 2 heterocycles. The first-order valence-corrected chi connectivity index (χ1v) is 8.55. The number of urea groups is 1. The number of benzene rings is 1. The molecular weight excluding hydrogens is 373 g/mol. The number of carbonyl (C=O) groups is 1. The number of hydrogen-bond acceptors (Lipinski definition) is 5. The number of amides is 2. The fraction of sp³-hybridized carbons (Fsp3) is 0.533. The van der Waals surface area contributed by atoms with Gasteiger partial charge in [0.05, 0.1) is 11.7 Å². The highest BCUT2D eigenvalue weighted by Gasteiger charge is 2.44. The van der Waals surface area contributed by atoms with E-state index in [1.54, 1.807) is 12.1 Å². The van der Waals surface area contributed by atoms with Gasteiger partial charge in [-0.2, -0.15) is 13.2 Å². The molecule has 4 unspecified atom stereocenters. The molecule has 1 saturated heterocycles. The minimum atomic E-state index is -4.44. The third kappa shape index (κ3) is 4.77. The predicted octanol–water partition coefficient (Wildman–Crippen LogP) is 1.10. The molecule has 11 heteroatoms. The number of halogens is 4. The first-order valence-electron chi connectivity index (χ1n) is 8.12. The van der Waals surface area contributed by atoms with Crippen molar-refractivity contribution in [3.63, 3.8) is 0 Å². The lowest BCUT2D eigenvalue weighted by atomic mass is 10.0. The molecule has 0 aromatic heterocycles. The molecular formula is C15H20ClF3N6O. The summed E-state index contributed by atoms with van der Waals surface area (Å²) < 4.78 is 38.6. The number of carbonyl (C=O) groups excluding carboxylic acids is 1. The van der Waals surface area contributed by atoms with Gasteiger partial charge in [-0.3, -0.25) is 16.0 Å². The quantitative estimate of drug-likeness (QED) is 0.334. The molecule has 2 aliphatic heterocycles. The van der Waals surface area contributed by atoms with Crippen molar-refractivity contribution in [3.8, 4) is 0 Å². The van der Waals surface area contributed by atoms with Crippen molar-refractivity contribution in [3.05, 3.63) is 29.3 Å². The Labute approximate surface area is 153 Å². The van der Waals surface area contributed by atoms with Gasteiger partial charge in [0.1, 0.15) is 12.3 Å². The summed E-state index contributed by atoms with van der Waals surface area (Å²) in [5, 5.41) is 13.1. The summed E-state index contributed by atoms with van der Waals surface area (Å²) in [6, 6.07) is 2.95. The normalized spacial score (nSPS) is 29.0. The average Bonchev–Trinajstić information content (AvgIpc) is 2.53. The molecule has 3 rings (SSSR count). The molecule has 2 aliphatic rings. The second kappa shape index (κ2) is 7.57. The maximum Gasteiger partial charge on any atom is 0.404 e. The van der Waals surface area contributed by atoms with Crippen molar-refractivity contribution in [1.82, 2.24) is 21.3 Å². The van der Waals surface area contributed by atoms with E-state index in [4.69, 9.17) is 17.3 Å². The lowest BCUT2D eigenvalue weighted by molar-refractivity contribution is -0.166. The molecule has 1 aromatic rings. The van der Waals surface area contributed by atoms with Crippen molar-refractivity contribution in [1.29, 1.82) is 0 Å². The third-order valence-corrected chi connectivity index (χ3v) is 4.59. The highest BCUT2D eigenvalue weighted by atomic mass is 35.5. The molecule has 0 spiro atoms. The van der Waals surface area contributed by atoms with Crippen LogP contribution in [0.1, 0.15) is 17.5 Å². The van der Waals surface area contributed by atoms with Crippen LogP contribution in [0.15, 0.2) is 18.2 Å². The van der Waals surface area contributed by atoms with E-state index >= 15 is 0 Å². The minimum Gasteiger partial charge on any atom is -0.316 e. The Morgan fingerprint density at radius 3 is 2.77 bits per heavy atom. The number of anilines is 1. The second-order valence-electron chi connectivity index (χ2n) is 6.34. The van der Waals surface area contributed by atoms with Crippen LogP contribution in [0.2, 0.25) is 0 Å². The predicted molar refractivity (Wildman–Crippen MR) is 91.3 cm³/mol. The van der Waals surface area contributed by atoms with Crippen LogP contribution in [0.4, 0.5) is 23.7 Å². The number of nitrogens with one attached hydrogen (secondary N) is 5. The van der Waals surface area contributed by atoms with Gasteiger partial charge in [-0.15, -0.1) is 11.6 Å². The topological polar surface area (TPSA) is 103 Å². The van der Waals surface area contributed by atoms with E-state index in [0.29, 0.717) is 18.7 Å². The molecule has 2 amide bonds. The molecule has 0 radical (unpaired) electrons. The van der Waals surface area contributed by atoms with Gasteiger partial charge in [0.15, 0.2) is 0 Å². The van der Waals surface area contributed by atoms with Crippen LogP contribution in [0.25, 0.3) is 0 Å². The zero-order valence-electron chi connectivity index (χ0n) is 13.7. The minimum absolute atomic E-state index is 0.178. The zero-order valence-corrected chi connectivity index (χ0v) is 14.4. The Balaban J connectivity index is 1.59. The lowest BCUT2D eigenvalue weighted by Crippen LogP contribution is -2.69. The summed E-state index contributed by atoms with van der Waals surface area (Å²) in [6.45, 7) is 0.641. The monoisotopic (exact) mass is 392 g/mol. The molecule has 4 atom stereocenters. The van der Waals surface area contributed by atoms with E-state index in [0.717, 1.165) is 11.1 Å². The van der Waals surface area contributed by atoms with Gasteiger partial charge >= 0.3 is 12.2 Å². The molecule has 0 bridgehead atoms. The fourth-order valence-electron chi connectivity index (χ4n) is 3.02. The van der Waals surface area contributed by atoms with Gasteiger partial charge < -0.3 is 16.4 Å². The summed E-state index contributed by atoms with van der Waals surface area (Å²) in [4.78, 5) is 12.1. The molecule has 1 fully saturated rings. The van der Waals surface area contributed by atoms with Gasteiger partial charge in [0.25, 0.3) is 0 Å². The summed E-state index contributed by atoms with van der Waals surface area (Å²) >= 11 is 6.06. The van der Waals surface area contributed by atoms with Crippen LogP contribution in [-0.4, -0.2) is 36.2 Å². The average molecular weight is 393 g/mol. The molecule has 7 N–H and O–H groups in total. The maximum absolute atomic E-state index is 12.9. The first kappa shape index (κ1) is 19.2. The van der Waals surface area contributed by atoms with Crippen LogP contribution >= 0.6 is 11.6 Å². The van der Waals surface area contributed by atoms with E-state index in [-0.39, 0.29) is 11.9 Å². The summed E-state index contributed by atoms with van der Waals surface area (Å²) in [7, 11) is 0. The number of rotatable bonds is 2. The summed E-state index contributed by atoms with van der Waals surface area (Å²) in [6.07, 6.45) is -6.13. The van der Waals surface area contributed by atoms with Crippen LogP contribution in [0.3, 0.4) is 0 Å². The van der Waals surface area contributed by atoms with Gasteiger partial charge in [-0.25, -0.2) is 4.79 Å². The Hall–Kier alpha value is -1.59. The Morgan fingerprint density at radius 1 is 1.27 bits per heavy atom. The lowest BCUT2D eigenvalue weighted by Gasteiger charge is -2.36. The largest absolute Gasteiger partial charge is 0.404 e. The molecule has 0 saturated carbocycles. The molecule has 1 aromatic carbocycles. The highest BCUT2D eigenvalue weighted by molar-refractivity contribution is 6.20. The van der Waals surface area contributed by atoms with Crippen LogP contribution in [-0.2, 0) is 13.0 Å². The molecule has 0 aliphatic carbocycles. The summed E-state index contributed by atoms with van der Waals surface area (Å²) in [5.74, 6) is 0. The van der Waals surface area contributed by atoms with E-state index in [1.165, 1.54) is 0 Å². The Morgan fingerprint density at radius 2 is 2.04 bits per heavy atom. The van der Waals surface area contributed by atoms with Crippen LogP contribution < -0.4 is 32.3 Å². The number of hydrogen-bond donors (Lipinski definition) is 6. The molecule has 26 heavy (non-hydrogen) atoms. The molecule has 7 nitrogen and oxygen atoms in total. The van der Waals surface area contributed by atoms with E-state index in [9.17, 15) is 18.0 Å². The fourth-order valence-corrected chi connectivity index (χ4v) is 3.26. The standard InChI is InChI=1S/C15H20ClF3N6O/c16-11-4-8-3-9(2-1-7(8)6-21-11)22-14(26)25-13-23-10(15(17,18)19)5-12(20)24-13/h1-3,10-13,21,23-24H,4-6,20H2,(H2,22,25,26). The van der Waals surface area contributed by atoms with Crippen molar-refractivity contribution in [2.24, 2.45) is 5.73 Å². The zero-order chi connectivity index (χ0) is 18.9. The van der Waals surface area contributed by atoms with E-state index < -0.39 is 30.7 Å². The molecule has 144 valence electrons. The van der Waals surface area contributed by atoms with Crippen molar-refractivity contribution < 1.29 is 18.0 Å². The van der Waals surface area contributed by atoms with Crippen LogP contribution in [0, 0.1) is 0 Å². The van der Waals surface area contributed by atoms with Crippen molar-refractivity contribution >= 4 is 23.3 Å². The third-order valence-electron chi connectivity index (χ3n) is 4.29. The van der Waals surface area contributed by atoms with Gasteiger partial charge in [0, 0.05) is 18.7 Å².